The van der Waals surface area contributed by atoms with Gasteiger partial charge in [-0.1, -0.05) is 6.42 Å². The average molecular weight is 465 g/mol. The van der Waals surface area contributed by atoms with Crippen LogP contribution in [0, 0.1) is 12.7 Å². The zero-order valence-corrected chi connectivity index (χ0v) is 19.4. The first kappa shape index (κ1) is 22.7. The number of unbranched alkanes of at least 4 members (excludes halogenated alkanes) is 2. The van der Waals surface area contributed by atoms with Crippen molar-refractivity contribution in [3.63, 3.8) is 0 Å². The van der Waals surface area contributed by atoms with Crippen molar-refractivity contribution in [2.45, 2.75) is 32.6 Å². The number of hydrogen-bond donors (Lipinski definition) is 1. The van der Waals surface area contributed by atoms with E-state index in [1.54, 1.807) is 35.5 Å². The first-order valence-electron chi connectivity index (χ1n) is 10.8. The van der Waals surface area contributed by atoms with Crippen LogP contribution in [0.2, 0.25) is 0 Å². The van der Waals surface area contributed by atoms with Crippen LogP contribution < -0.4 is 0 Å². The highest BCUT2D eigenvalue weighted by atomic mass is 32.1. The molecule has 0 unspecified atom stereocenters. The van der Waals surface area contributed by atoms with E-state index >= 15 is 0 Å². The van der Waals surface area contributed by atoms with Crippen LogP contribution in [-0.2, 0) is 6.42 Å². The summed E-state index contributed by atoms with van der Waals surface area (Å²) in [6.07, 6.45) is 7.10. The molecule has 9 heteroatoms. The molecule has 170 valence electrons. The monoisotopic (exact) mass is 464 g/mol. The number of aromatic amines is 1. The molecule has 0 aliphatic carbocycles. The van der Waals surface area contributed by atoms with Gasteiger partial charge in [-0.15, -0.1) is 11.3 Å². The molecule has 0 atom stereocenters. The molecule has 33 heavy (non-hydrogen) atoms. The maximum absolute atomic E-state index is 13.1. The molecule has 7 nitrogen and oxygen atoms in total. The van der Waals surface area contributed by atoms with Gasteiger partial charge in [-0.2, -0.15) is 5.10 Å². The van der Waals surface area contributed by atoms with Gasteiger partial charge < -0.3 is 4.90 Å². The Balaban J connectivity index is 1.23. The van der Waals surface area contributed by atoms with Crippen LogP contribution >= 0.6 is 11.3 Å². The molecule has 0 aliphatic rings. The van der Waals surface area contributed by atoms with E-state index in [2.05, 4.69) is 25.1 Å². The second kappa shape index (κ2) is 10.4. The Morgan fingerprint density at radius 2 is 1.88 bits per heavy atom. The van der Waals surface area contributed by atoms with Crippen LogP contribution in [0.1, 0.15) is 40.3 Å². The van der Waals surface area contributed by atoms with Crippen LogP contribution in [0.3, 0.4) is 0 Å². The van der Waals surface area contributed by atoms with E-state index in [9.17, 15) is 9.18 Å². The lowest BCUT2D eigenvalue weighted by atomic mass is 10.1. The third kappa shape index (κ3) is 5.67. The van der Waals surface area contributed by atoms with Gasteiger partial charge in [0.25, 0.3) is 5.91 Å². The van der Waals surface area contributed by atoms with E-state index in [0.717, 1.165) is 42.6 Å². The molecule has 0 fully saturated rings. The lowest BCUT2D eigenvalue weighted by Crippen LogP contribution is -2.27. The highest BCUT2D eigenvalue weighted by molar-refractivity contribution is 7.17. The first-order valence-corrected chi connectivity index (χ1v) is 11.6. The first-order chi connectivity index (χ1) is 16.0. The molecule has 0 saturated carbocycles. The standard InChI is InChI=1S/C24H25FN6OS/c1-16-21(33-23(28-16)22-26-12-6-13-27-22)24(32)31(2)14-5-3-4-7-19-15-20(30-29-19)17-8-10-18(25)11-9-17/h6,8-13,15H,3-5,7,14H2,1-2H3,(H,29,30). The minimum atomic E-state index is -0.255. The topological polar surface area (TPSA) is 87.7 Å². The fourth-order valence-corrected chi connectivity index (χ4v) is 4.48. The number of carbonyl (C=O) groups is 1. The zero-order valence-electron chi connectivity index (χ0n) is 18.6. The second-order valence-corrected chi connectivity index (χ2v) is 8.83. The van der Waals surface area contributed by atoms with Crippen LogP contribution in [-0.4, -0.2) is 49.5 Å². The summed E-state index contributed by atoms with van der Waals surface area (Å²) in [5, 5.41) is 8.03. The zero-order chi connectivity index (χ0) is 23.2. The molecule has 1 amide bonds. The quantitative estimate of drug-likeness (QED) is 0.355. The van der Waals surface area contributed by atoms with E-state index in [1.807, 2.05) is 20.0 Å². The summed E-state index contributed by atoms with van der Waals surface area (Å²) in [4.78, 5) is 28.2. The van der Waals surface area contributed by atoms with Crippen LogP contribution in [0.4, 0.5) is 4.39 Å². The predicted octanol–water partition coefficient (Wildman–Crippen LogP) is 4.92. The Kier molecular flexibility index (Phi) is 7.19. The van der Waals surface area contributed by atoms with Crippen molar-refractivity contribution in [1.82, 2.24) is 30.0 Å². The smallest absolute Gasteiger partial charge is 0.265 e. The minimum absolute atomic E-state index is 0.0234. The van der Waals surface area contributed by atoms with Crippen molar-refractivity contribution in [2.75, 3.05) is 13.6 Å². The number of nitrogens with zero attached hydrogens (tertiary/aromatic N) is 5. The van der Waals surface area contributed by atoms with Gasteiger partial charge in [0.05, 0.1) is 11.4 Å². The van der Waals surface area contributed by atoms with Crippen molar-refractivity contribution >= 4 is 17.2 Å². The van der Waals surface area contributed by atoms with Crippen molar-refractivity contribution in [2.24, 2.45) is 0 Å². The number of thiazole rings is 1. The lowest BCUT2D eigenvalue weighted by molar-refractivity contribution is 0.0796. The van der Waals surface area contributed by atoms with Crippen molar-refractivity contribution < 1.29 is 9.18 Å². The summed E-state index contributed by atoms with van der Waals surface area (Å²) in [7, 11) is 1.82. The molecule has 1 aromatic carbocycles. The Morgan fingerprint density at radius 1 is 1.12 bits per heavy atom. The van der Waals surface area contributed by atoms with Crippen LogP contribution in [0.25, 0.3) is 22.1 Å². The van der Waals surface area contributed by atoms with Gasteiger partial charge in [0.15, 0.2) is 10.8 Å². The van der Waals surface area contributed by atoms with Crippen molar-refractivity contribution in [3.05, 3.63) is 70.9 Å². The maximum Gasteiger partial charge on any atom is 0.265 e. The van der Waals surface area contributed by atoms with Crippen molar-refractivity contribution in [1.29, 1.82) is 0 Å². The van der Waals surface area contributed by atoms with Crippen LogP contribution in [0.5, 0.6) is 0 Å². The molecule has 4 rings (SSSR count). The van der Waals surface area contributed by atoms with Gasteiger partial charge in [0.2, 0.25) is 0 Å². The number of halogens is 1. The molecule has 4 aromatic rings. The number of benzene rings is 1. The number of aromatic nitrogens is 5. The van der Waals surface area contributed by atoms with Gasteiger partial charge in [-0.25, -0.2) is 19.3 Å². The average Bonchev–Trinajstić information content (AvgIpc) is 3.46. The summed E-state index contributed by atoms with van der Waals surface area (Å²) < 4.78 is 13.1. The Hall–Kier alpha value is -3.46. The van der Waals surface area contributed by atoms with Gasteiger partial charge in [-0.3, -0.25) is 9.89 Å². The Labute approximate surface area is 195 Å². The molecule has 0 saturated heterocycles. The molecular formula is C24H25FN6OS. The summed E-state index contributed by atoms with van der Waals surface area (Å²) in [5.41, 5.74) is 3.46. The number of aryl methyl sites for hydroxylation is 2. The second-order valence-electron chi connectivity index (χ2n) is 7.83. The van der Waals surface area contributed by atoms with Gasteiger partial charge in [-0.05, 0) is 62.6 Å². The number of hydrogen-bond acceptors (Lipinski definition) is 6. The summed E-state index contributed by atoms with van der Waals surface area (Å²) >= 11 is 1.33. The minimum Gasteiger partial charge on any atom is -0.341 e. The largest absolute Gasteiger partial charge is 0.341 e. The van der Waals surface area contributed by atoms with Gasteiger partial charge in [0.1, 0.15) is 10.7 Å². The number of amides is 1. The molecule has 0 radical (unpaired) electrons. The van der Waals surface area contributed by atoms with E-state index < -0.39 is 0 Å². The molecule has 0 spiro atoms. The predicted molar refractivity (Wildman–Crippen MR) is 126 cm³/mol. The van der Waals surface area contributed by atoms with Gasteiger partial charge >= 0.3 is 0 Å². The molecule has 1 N–H and O–H groups in total. The van der Waals surface area contributed by atoms with E-state index in [-0.39, 0.29) is 11.7 Å². The van der Waals surface area contributed by atoms with E-state index in [4.69, 9.17) is 0 Å². The number of rotatable bonds is 9. The highest BCUT2D eigenvalue weighted by Crippen LogP contribution is 2.26. The Bertz CT molecular complexity index is 1210. The third-order valence-corrected chi connectivity index (χ3v) is 6.45. The normalized spacial score (nSPS) is 11.0. The van der Waals surface area contributed by atoms with E-state index in [0.29, 0.717) is 27.9 Å². The molecule has 0 aliphatic heterocycles. The van der Waals surface area contributed by atoms with E-state index in [1.165, 1.54) is 23.5 Å². The maximum atomic E-state index is 13.1. The molecule has 0 bridgehead atoms. The fourth-order valence-electron chi connectivity index (χ4n) is 3.47. The van der Waals surface area contributed by atoms with Crippen molar-refractivity contribution in [3.8, 4) is 22.1 Å². The lowest BCUT2D eigenvalue weighted by Gasteiger charge is -2.16. The summed E-state index contributed by atoms with van der Waals surface area (Å²) in [6, 6.07) is 10.1. The fraction of sp³-hybridized carbons (Fsp3) is 0.292. The molecule has 3 heterocycles. The number of carbonyl (C=O) groups excluding carboxylic acids is 1. The number of H-pyrrole nitrogens is 1. The Morgan fingerprint density at radius 3 is 2.64 bits per heavy atom. The van der Waals surface area contributed by atoms with Gasteiger partial charge in [0, 0.05) is 37.2 Å². The summed E-state index contributed by atoms with van der Waals surface area (Å²) in [5.74, 6) is 0.257. The molecular weight excluding hydrogens is 439 g/mol. The molecule has 3 aromatic heterocycles. The highest BCUT2D eigenvalue weighted by Gasteiger charge is 2.20. The van der Waals surface area contributed by atoms with Crippen LogP contribution in [0.15, 0.2) is 48.8 Å². The summed E-state index contributed by atoms with van der Waals surface area (Å²) in [6.45, 7) is 2.52. The number of nitrogens with one attached hydrogen (secondary N) is 1. The third-order valence-electron chi connectivity index (χ3n) is 5.31. The SMILES string of the molecule is Cc1nc(-c2ncccn2)sc1C(=O)N(C)CCCCCc1cc(-c2ccc(F)cc2)n[nH]1.